The Labute approximate surface area is 502 Å². The van der Waals surface area contributed by atoms with Crippen LogP contribution in [0.5, 0.6) is 0 Å². The summed E-state index contributed by atoms with van der Waals surface area (Å²) in [6, 6.07) is 23.6. The van der Waals surface area contributed by atoms with Crippen molar-refractivity contribution in [3.8, 4) is 0 Å². The average molecular weight is 1260 g/mol. The monoisotopic (exact) mass is 1250 g/mol. The van der Waals surface area contributed by atoms with Crippen molar-refractivity contribution in [1.82, 2.24) is 0 Å². The Morgan fingerprint density at radius 2 is 1.05 bits per heavy atom. The van der Waals surface area contributed by atoms with E-state index >= 15 is 0 Å². The number of halogens is 4. The zero-order chi connectivity index (χ0) is 51.4. The number of unbranched alkanes of at least 4 members (excludes halogenated alkanes) is 2. The van der Waals surface area contributed by atoms with E-state index in [1.165, 1.54) is 119 Å². The summed E-state index contributed by atoms with van der Waals surface area (Å²) in [6.07, 6.45) is 51.1. The molecular formula is C69H102Cl4Zr2. The van der Waals surface area contributed by atoms with Crippen LogP contribution in [0.25, 0.3) is 0 Å². The number of fused-ring (bicyclic) bond motifs is 4. The molecule has 7 aliphatic rings. The zero-order valence-electron chi connectivity index (χ0n) is 48.8. The normalized spacial score (nSPS) is 26.5. The molecule has 0 radical (unpaired) electrons. The molecule has 0 saturated heterocycles. The van der Waals surface area contributed by atoms with Gasteiger partial charge in [-0.05, 0) is 143 Å². The van der Waals surface area contributed by atoms with Gasteiger partial charge < -0.3 is 29.7 Å². The summed E-state index contributed by atoms with van der Waals surface area (Å²) < 4.78 is 0. The Bertz CT molecular complexity index is 1970. The summed E-state index contributed by atoms with van der Waals surface area (Å²) in [4.78, 5) is 0. The maximum absolute atomic E-state index is 4.93. The van der Waals surface area contributed by atoms with Crippen molar-refractivity contribution in [3.05, 3.63) is 199 Å². The third kappa shape index (κ3) is 19.8. The summed E-state index contributed by atoms with van der Waals surface area (Å²) >= 11 is -1.65. The van der Waals surface area contributed by atoms with Gasteiger partial charge in [0.25, 0.3) is 0 Å². The third-order valence-corrected chi connectivity index (χ3v) is 17.5. The van der Waals surface area contributed by atoms with Crippen molar-refractivity contribution in [1.29, 1.82) is 0 Å². The fourth-order valence-electron chi connectivity index (χ4n) is 14.1. The van der Waals surface area contributed by atoms with E-state index in [4.69, 9.17) is 34.1 Å². The molecule has 9 unspecified atom stereocenters. The molecule has 0 aliphatic heterocycles. The minimum atomic E-state index is -0.826. The molecule has 9 rings (SSSR count). The van der Waals surface area contributed by atoms with Crippen LogP contribution in [-0.2, 0) is 47.1 Å². The number of rotatable bonds is 13. The van der Waals surface area contributed by atoms with Crippen LogP contribution >= 0.6 is 34.1 Å². The van der Waals surface area contributed by atoms with Crippen LogP contribution in [0.4, 0.5) is 0 Å². The molecule has 75 heavy (non-hydrogen) atoms. The van der Waals surface area contributed by atoms with Crippen molar-refractivity contribution in [2.24, 2.45) is 75.9 Å². The van der Waals surface area contributed by atoms with E-state index in [0.717, 1.165) is 36.0 Å². The van der Waals surface area contributed by atoms with Gasteiger partial charge in [-0.25, -0.2) is 0 Å². The van der Waals surface area contributed by atoms with E-state index in [0.29, 0.717) is 35.5 Å². The Morgan fingerprint density at radius 1 is 0.560 bits per heavy atom. The van der Waals surface area contributed by atoms with E-state index < -0.39 is 41.7 Å². The molecule has 2 aromatic rings. The summed E-state index contributed by atoms with van der Waals surface area (Å²) in [7, 11) is 19.7. The third-order valence-electron chi connectivity index (χ3n) is 17.5. The summed E-state index contributed by atoms with van der Waals surface area (Å²) in [5.74, 6) is 7.56. The molecule has 0 heterocycles. The van der Waals surface area contributed by atoms with Crippen molar-refractivity contribution in [2.45, 2.75) is 157 Å². The van der Waals surface area contributed by atoms with E-state index in [-0.39, 0.29) is 46.0 Å². The van der Waals surface area contributed by atoms with Crippen LogP contribution in [-0.4, -0.2) is 0 Å². The van der Waals surface area contributed by atoms with Crippen LogP contribution in [0.3, 0.4) is 0 Å². The van der Waals surface area contributed by atoms with E-state index in [1.54, 1.807) is 0 Å². The Hall–Kier alpha value is -0.714. The Kier molecular flexibility index (Phi) is 35.3. The second-order valence-corrected chi connectivity index (χ2v) is 31.3. The SMILES string of the molecule is C=CCC1CCC2C=CC=CC21.C=CCCCC1CCC(C(c2ccccc2)(c2ccccc2)C2C3C=C(C(C)(C)C)C=CC3C3C=CC(C(C)(C)C)=CC32)C1.CCCCC1CCCC1.[CH3-].[CH3-].[CH3-].[CH3-].[Cl][Zr+2][Cl].[Cl][Zr+2][Cl]. The Morgan fingerprint density at radius 3 is 1.52 bits per heavy atom. The molecular weight excluding hydrogens is 1150 g/mol. The van der Waals surface area contributed by atoms with Gasteiger partial charge in [0, 0.05) is 5.41 Å². The van der Waals surface area contributed by atoms with Gasteiger partial charge in [-0.2, -0.15) is 0 Å². The summed E-state index contributed by atoms with van der Waals surface area (Å²) in [5, 5.41) is 0. The maximum atomic E-state index is 4.93. The number of allylic oxidation sites excluding steroid dienone is 14. The number of hydrogen-bond acceptors (Lipinski definition) is 0. The topological polar surface area (TPSA) is 0 Å². The summed E-state index contributed by atoms with van der Waals surface area (Å²) in [6.45, 7) is 24.5. The van der Waals surface area contributed by atoms with Crippen molar-refractivity contribution >= 4 is 34.1 Å². The molecule has 4 saturated carbocycles. The van der Waals surface area contributed by atoms with Crippen LogP contribution in [0.1, 0.15) is 162 Å². The molecule has 6 heteroatoms. The van der Waals surface area contributed by atoms with Gasteiger partial charge in [-0.1, -0.05) is 240 Å². The van der Waals surface area contributed by atoms with Gasteiger partial charge in [-0.3, -0.25) is 0 Å². The van der Waals surface area contributed by atoms with Crippen molar-refractivity contribution < 1.29 is 41.7 Å². The first-order valence-corrected chi connectivity index (χ1v) is 40.3. The molecule has 0 N–H and O–H groups in total. The molecule has 0 amide bonds. The van der Waals surface area contributed by atoms with Crippen LogP contribution in [0.15, 0.2) is 158 Å². The standard InChI is InChI=1S/C44H56.C12H16.C9H18.4CH3.4ClH.2Zr/c1-8-9-12-17-31-22-23-36(28-31)44(32-18-13-10-14-19-32,33-20-15-11-16-21-33)41-39-29-34(42(2,3)4)24-26-37(39)38-27-25-35(30-40(38)41)43(5,6)7;1-2-5-10-8-9-11-6-3-4-7-12(10)11;1-2-3-6-9-7-4-5-8-9;;;;;;;;;;/h8,10-11,13-16,18-21,24-27,29-31,36-41H,1,9,12,17,22-23,28H2,2-7H3;2-4,6-7,10-12H,1,5,8-9H2;9H,2-8H2,1H3;4*1H3;4*1H;;/q;;;4*-1;;;;;2*+4/p-4. The molecule has 4 fully saturated rings. The van der Waals surface area contributed by atoms with Crippen molar-refractivity contribution in [2.75, 3.05) is 0 Å². The quantitative estimate of drug-likeness (QED) is 0.107. The molecule has 414 valence electrons. The van der Waals surface area contributed by atoms with Gasteiger partial charge in [0.1, 0.15) is 0 Å². The van der Waals surface area contributed by atoms with Gasteiger partial charge in [0.2, 0.25) is 0 Å². The zero-order valence-corrected chi connectivity index (χ0v) is 56.7. The molecule has 2 aromatic carbocycles. The van der Waals surface area contributed by atoms with E-state index in [9.17, 15) is 0 Å². The van der Waals surface area contributed by atoms with Gasteiger partial charge in [0.15, 0.2) is 0 Å². The van der Waals surface area contributed by atoms with Crippen LogP contribution in [0, 0.1) is 106 Å². The fourth-order valence-corrected chi connectivity index (χ4v) is 14.1. The second kappa shape index (κ2) is 36.6. The van der Waals surface area contributed by atoms with E-state index in [2.05, 4.69) is 195 Å². The van der Waals surface area contributed by atoms with Gasteiger partial charge >= 0.3 is 75.7 Å². The Balaban J connectivity index is 0.000000742. The van der Waals surface area contributed by atoms with Gasteiger partial charge in [-0.15, -0.1) is 13.2 Å². The first-order chi connectivity index (χ1) is 34.2. The van der Waals surface area contributed by atoms with Crippen molar-refractivity contribution in [3.63, 3.8) is 0 Å². The molecule has 9 atom stereocenters. The minimum absolute atomic E-state index is 0. The average Bonchev–Trinajstić information content (AvgIpc) is 4.20. The van der Waals surface area contributed by atoms with Gasteiger partial charge in [0.05, 0.1) is 0 Å². The molecule has 0 aromatic heterocycles. The first kappa shape index (κ1) is 72.3. The second-order valence-electron chi connectivity index (χ2n) is 23.8. The predicted molar refractivity (Wildman–Crippen MR) is 333 cm³/mol. The fraction of sp³-hybridized carbons (Fsp3) is 0.536. The van der Waals surface area contributed by atoms with Crippen LogP contribution in [0.2, 0.25) is 0 Å². The first-order valence-electron chi connectivity index (χ1n) is 27.6. The molecule has 0 nitrogen and oxygen atoms in total. The summed E-state index contributed by atoms with van der Waals surface area (Å²) in [5.41, 5.74) is 6.29. The number of hydrogen-bond donors (Lipinski definition) is 0. The predicted octanol–water partition coefficient (Wildman–Crippen LogP) is 23.2. The number of benzene rings is 2. The molecule has 0 spiro atoms. The molecule has 0 bridgehead atoms. The molecule has 7 aliphatic carbocycles. The van der Waals surface area contributed by atoms with Crippen LogP contribution < -0.4 is 0 Å². The van der Waals surface area contributed by atoms with E-state index in [1.807, 2.05) is 0 Å².